The minimum Gasteiger partial charge on any atom is -0.342 e. The molecule has 25 heavy (non-hydrogen) atoms. The summed E-state index contributed by atoms with van der Waals surface area (Å²) >= 11 is 3.40. The minimum absolute atomic E-state index is 0.147. The second-order valence-corrected chi connectivity index (χ2v) is 9.06. The van der Waals surface area contributed by atoms with Crippen LogP contribution in [-0.4, -0.2) is 30.7 Å². The normalized spacial score (nSPS) is 18.3. The fourth-order valence-corrected chi connectivity index (χ4v) is 5.64. The number of aryl methyl sites for hydroxylation is 2. The van der Waals surface area contributed by atoms with Crippen LogP contribution >= 0.6 is 15.9 Å². The first-order valence-electron chi connectivity index (χ1n) is 7.94. The molecule has 8 heteroatoms. The number of carbonyl (C=O) groups is 1. The number of hydrogen-bond donors (Lipinski definition) is 0. The molecule has 3 heterocycles. The molecule has 1 saturated heterocycles. The number of nitrogens with zero attached hydrogens (tertiary/aromatic N) is 3. The minimum atomic E-state index is -3.90. The zero-order valence-corrected chi connectivity index (χ0v) is 16.2. The Bertz CT molecular complexity index is 1050. The van der Waals surface area contributed by atoms with Gasteiger partial charge in [-0.2, -0.15) is 5.10 Å². The van der Waals surface area contributed by atoms with Crippen molar-refractivity contribution in [3.05, 3.63) is 50.7 Å². The molecule has 1 aromatic heterocycles. The van der Waals surface area contributed by atoms with E-state index in [0.29, 0.717) is 35.7 Å². The molecule has 2 aliphatic heterocycles. The van der Waals surface area contributed by atoms with Crippen LogP contribution in [0.15, 0.2) is 44.2 Å². The highest BCUT2D eigenvalue weighted by atomic mass is 79.9. The second kappa shape index (κ2) is 5.54. The van der Waals surface area contributed by atoms with E-state index in [0.717, 1.165) is 10.9 Å². The van der Waals surface area contributed by atoms with E-state index < -0.39 is 15.7 Å². The summed E-state index contributed by atoms with van der Waals surface area (Å²) in [5, 5.41) is 4.18. The third kappa shape index (κ3) is 2.38. The van der Waals surface area contributed by atoms with Crippen molar-refractivity contribution in [1.82, 2.24) is 9.78 Å². The van der Waals surface area contributed by atoms with Gasteiger partial charge in [0.25, 0.3) is 5.91 Å². The largest absolute Gasteiger partial charge is 0.342 e. The first kappa shape index (κ1) is 16.5. The molecule has 1 aromatic carbocycles. The lowest BCUT2D eigenvalue weighted by atomic mass is 10.2. The number of aromatic nitrogens is 2. The maximum Gasteiger partial charge on any atom is 0.292 e. The molecule has 2 aromatic rings. The highest BCUT2D eigenvalue weighted by Crippen LogP contribution is 2.44. The molecule has 6 nitrogen and oxygen atoms in total. The van der Waals surface area contributed by atoms with E-state index in [2.05, 4.69) is 21.0 Å². The third-order valence-corrected chi connectivity index (χ3v) is 6.91. The van der Waals surface area contributed by atoms with Gasteiger partial charge < -0.3 is 4.90 Å². The maximum absolute atomic E-state index is 13.2. The van der Waals surface area contributed by atoms with E-state index in [-0.39, 0.29) is 9.80 Å². The van der Waals surface area contributed by atoms with E-state index >= 15 is 0 Å². The Morgan fingerprint density at radius 2 is 2.00 bits per heavy atom. The van der Waals surface area contributed by atoms with Crippen LogP contribution in [-0.2, 0) is 9.84 Å². The summed E-state index contributed by atoms with van der Waals surface area (Å²) in [5.41, 5.74) is 2.50. The average molecular weight is 422 g/mol. The van der Waals surface area contributed by atoms with Crippen LogP contribution in [0.3, 0.4) is 0 Å². The lowest BCUT2D eigenvalue weighted by Crippen LogP contribution is -2.33. The Labute approximate surface area is 154 Å². The van der Waals surface area contributed by atoms with Crippen molar-refractivity contribution in [2.75, 3.05) is 11.4 Å². The van der Waals surface area contributed by atoms with Gasteiger partial charge in [0.05, 0.1) is 16.3 Å². The topological polar surface area (TPSA) is 72.3 Å². The van der Waals surface area contributed by atoms with Crippen molar-refractivity contribution >= 4 is 37.4 Å². The zero-order valence-electron chi connectivity index (χ0n) is 13.8. The van der Waals surface area contributed by atoms with Gasteiger partial charge in [0.15, 0.2) is 4.91 Å². The smallest absolute Gasteiger partial charge is 0.292 e. The van der Waals surface area contributed by atoms with Gasteiger partial charge in [0, 0.05) is 22.4 Å². The summed E-state index contributed by atoms with van der Waals surface area (Å²) in [6, 6.07) is 6.79. The Morgan fingerprint density at radius 3 is 2.68 bits per heavy atom. The Hall–Kier alpha value is -1.93. The van der Waals surface area contributed by atoms with E-state index in [1.807, 2.05) is 4.90 Å². The van der Waals surface area contributed by atoms with Gasteiger partial charge in [0.2, 0.25) is 9.84 Å². The van der Waals surface area contributed by atoms with Crippen LogP contribution in [0.1, 0.15) is 29.0 Å². The van der Waals surface area contributed by atoms with E-state index in [1.165, 1.54) is 4.68 Å². The number of anilines is 1. The van der Waals surface area contributed by atoms with Crippen molar-refractivity contribution in [3.63, 3.8) is 0 Å². The molecule has 0 amide bonds. The standard InChI is InChI=1S/C17H16BrN3O3S/c1-10-8-11(2)21(19-10)17(22)16-13-4-3-7-20(13)14-9-12(18)5-6-15(14)25(16,23)24/h5-6,8-9H,3-4,7H2,1-2H3. The molecule has 0 unspecified atom stereocenters. The second-order valence-electron chi connectivity index (χ2n) is 6.29. The lowest BCUT2D eigenvalue weighted by Gasteiger charge is -2.30. The average Bonchev–Trinajstić information content (AvgIpc) is 3.13. The van der Waals surface area contributed by atoms with Crippen molar-refractivity contribution < 1.29 is 13.2 Å². The number of allylic oxidation sites excluding steroid dienone is 2. The summed E-state index contributed by atoms with van der Waals surface area (Å²) in [4.78, 5) is 15.1. The van der Waals surface area contributed by atoms with Crippen LogP contribution in [0, 0.1) is 13.8 Å². The highest BCUT2D eigenvalue weighted by molar-refractivity contribution is 9.10. The van der Waals surface area contributed by atoms with Gasteiger partial charge in [-0.1, -0.05) is 15.9 Å². The van der Waals surface area contributed by atoms with Gasteiger partial charge in [-0.15, -0.1) is 0 Å². The number of halogens is 1. The monoisotopic (exact) mass is 421 g/mol. The predicted molar refractivity (Wildman–Crippen MR) is 97.3 cm³/mol. The summed E-state index contributed by atoms with van der Waals surface area (Å²) < 4.78 is 28.5. The maximum atomic E-state index is 13.2. The molecular formula is C17H16BrN3O3S. The molecule has 0 spiro atoms. The summed E-state index contributed by atoms with van der Waals surface area (Å²) in [7, 11) is -3.90. The molecule has 0 aliphatic carbocycles. The van der Waals surface area contributed by atoms with Crippen LogP contribution in [0.25, 0.3) is 0 Å². The first-order chi connectivity index (χ1) is 11.8. The van der Waals surface area contributed by atoms with Gasteiger partial charge in [-0.25, -0.2) is 13.1 Å². The zero-order chi connectivity index (χ0) is 17.9. The van der Waals surface area contributed by atoms with E-state index in [1.54, 1.807) is 38.1 Å². The van der Waals surface area contributed by atoms with Crippen molar-refractivity contribution in [2.24, 2.45) is 0 Å². The van der Waals surface area contributed by atoms with E-state index in [9.17, 15) is 13.2 Å². The highest BCUT2D eigenvalue weighted by Gasteiger charge is 2.42. The Balaban J connectivity index is 1.97. The molecule has 4 rings (SSSR count). The van der Waals surface area contributed by atoms with Crippen LogP contribution in [0.2, 0.25) is 0 Å². The fourth-order valence-electron chi connectivity index (χ4n) is 3.54. The summed E-state index contributed by atoms with van der Waals surface area (Å²) in [6.45, 7) is 4.22. The molecule has 0 saturated carbocycles. The lowest BCUT2D eigenvalue weighted by molar-refractivity contribution is 0.0944. The number of fused-ring (bicyclic) bond motifs is 3. The molecule has 0 N–H and O–H groups in total. The molecule has 130 valence electrons. The number of carbonyl (C=O) groups excluding carboxylic acids is 1. The molecule has 0 atom stereocenters. The van der Waals surface area contributed by atoms with Gasteiger partial charge >= 0.3 is 0 Å². The van der Waals surface area contributed by atoms with Crippen LogP contribution in [0.5, 0.6) is 0 Å². The Kier molecular flexibility index (Phi) is 3.66. The van der Waals surface area contributed by atoms with Gasteiger partial charge in [-0.05, 0) is 51.0 Å². The molecule has 2 aliphatic rings. The first-order valence-corrected chi connectivity index (χ1v) is 10.2. The number of rotatable bonds is 1. The molecule has 0 bridgehead atoms. The molecular weight excluding hydrogens is 406 g/mol. The number of benzene rings is 1. The van der Waals surface area contributed by atoms with Crippen molar-refractivity contribution in [2.45, 2.75) is 31.6 Å². The fraction of sp³-hybridized carbons (Fsp3) is 0.294. The van der Waals surface area contributed by atoms with E-state index in [4.69, 9.17) is 0 Å². The van der Waals surface area contributed by atoms with Crippen LogP contribution < -0.4 is 4.90 Å². The quantitative estimate of drug-likeness (QED) is 0.706. The van der Waals surface area contributed by atoms with Crippen molar-refractivity contribution in [1.29, 1.82) is 0 Å². The third-order valence-electron chi connectivity index (χ3n) is 4.55. The van der Waals surface area contributed by atoms with Gasteiger partial charge in [0.1, 0.15) is 0 Å². The van der Waals surface area contributed by atoms with Crippen LogP contribution in [0.4, 0.5) is 5.69 Å². The van der Waals surface area contributed by atoms with Crippen molar-refractivity contribution in [3.8, 4) is 0 Å². The molecule has 0 radical (unpaired) electrons. The summed E-state index contributed by atoms with van der Waals surface area (Å²) in [6.07, 6.45) is 1.37. The molecule has 1 fully saturated rings. The SMILES string of the molecule is Cc1cc(C)n(C(=O)C2=C3CCCN3c3cc(Br)ccc3S2(=O)=O)n1. The van der Waals surface area contributed by atoms with Gasteiger partial charge in [-0.3, -0.25) is 4.79 Å². The Morgan fingerprint density at radius 1 is 1.24 bits per heavy atom. The number of sulfone groups is 1. The number of hydrogen-bond acceptors (Lipinski definition) is 5. The summed E-state index contributed by atoms with van der Waals surface area (Å²) in [5.74, 6) is -0.582. The predicted octanol–water partition coefficient (Wildman–Crippen LogP) is 3.20.